The maximum atomic E-state index is 2.38. The standard InChI is InChI=1S/C48H46/c1-3-19-37-39-29-17-18-30-40(39)38(20-4-2)42-32-44-43(31-41(37)42)45(33-21-9-5-10-22-33)47(35-25-13-7-14-26-35)48(36-27-15-8-16-28-36)46(44)34-23-11-6-12-24-34/h5-16,21-28H,3-4,17-20,29-32H2,1-2H3. The Kier molecular flexibility index (Phi) is 8.58. The Hall–Kier alpha value is -4.68. The van der Waals surface area contributed by atoms with Crippen molar-refractivity contribution in [2.45, 2.75) is 78.1 Å². The molecule has 0 aliphatic heterocycles. The van der Waals surface area contributed by atoms with Gasteiger partial charge in [0.1, 0.15) is 0 Å². The number of rotatable bonds is 8. The molecule has 6 aromatic rings. The van der Waals surface area contributed by atoms with Crippen LogP contribution in [0.2, 0.25) is 0 Å². The average Bonchev–Trinajstić information content (AvgIpc) is 3.16. The van der Waals surface area contributed by atoms with Crippen LogP contribution in [-0.2, 0) is 38.5 Å². The lowest BCUT2D eigenvalue weighted by atomic mass is 9.68. The first-order valence-corrected chi connectivity index (χ1v) is 18.4. The van der Waals surface area contributed by atoms with E-state index >= 15 is 0 Å². The van der Waals surface area contributed by atoms with Gasteiger partial charge in [0.05, 0.1) is 0 Å². The van der Waals surface area contributed by atoms with Gasteiger partial charge in [-0.15, -0.1) is 0 Å². The van der Waals surface area contributed by atoms with E-state index in [0.717, 1.165) is 12.8 Å². The molecule has 0 spiro atoms. The molecule has 8 rings (SSSR count). The van der Waals surface area contributed by atoms with Crippen LogP contribution in [0.4, 0.5) is 0 Å². The van der Waals surface area contributed by atoms with Crippen LogP contribution in [0.15, 0.2) is 121 Å². The first-order chi connectivity index (χ1) is 23.8. The van der Waals surface area contributed by atoms with Crippen molar-refractivity contribution in [3.8, 4) is 44.5 Å². The summed E-state index contributed by atoms with van der Waals surface area (Å²) in [5, 5.41) is 0. The summed E-state index contributed by atoms with van der Waals surface area (Å²) >= 11 is 0. The van der Waals surface area contributed by atoms with E-state index < -0.39 is 0 Å². The molecule has 48 heavy (non-hydrogen) atoms. The van der Waals surface area contributed by atoms with Crippen LogP contribution in [0.5, 0.6) is 0 Å². The molecule has 2 aliphatic carbocycles. The van der Waals surface area contributed by atoms with Crippen LogP contribution in [0.25, 0.3) is 44.5 Å². The Balaban J connectivity index is 1.55. The number of hydrogen-bond donors (Lipinski definition) is 0. The maximum absolute atomic E-state index is 2.38. The van der Waals surface area contributed by atoms with Gasteiger partial charge in [-0.3, -0.25) is 0 Å². The number of hydrogen-bond acceptors (Lipinski definition) is 0. The van der Waals surface area contributed by atoms with Gasteiger partial charge in [0, 0.05) is 0 Å². The van der Waals surface area contributed by atoms with Crippen LogP contribution < -0.4 is 0 Å². The van der Waals surface area contributed by atoms with E-state index in [1.807, 2.05) is 0 Å². The van der Waals surface area contributed by atoms with E-state index in [9.17, 15) is 0 Å². The van der Waals surface area contributed by atoms with E-state index in [1.54, 1.807) is 33.4 Å². The molecular weight excluding hydrogens is 577 g/mol. The zero-order valence-electron chi connectivity index (χ0n) is 28.6. The van der Waals surface area contributed by atoms with Crippen molar-refractivity contribution in [1.29, 1.82) is 0 Å². The SMILES string of the molecule is CCCc1c2c(c(CCC)c3c1Cc1c(c(-c4ccccc4)c(-c4ccccc4)c(-c4ccccc4)c1-c1ccccc1)C3)CCCC2. The molecule has 0 atom stereocenters. The number of benzene rings is 6. The lowest BCUT2D eigenvalue weighted by Crippen LogP contribution is -2.21. The molecule has 0 N–H and O–H groups in total. The van der Waals surface area contributed by atoms with Gasteiger partial charge < -0.3 is 0 Å². The summed E-state index contributed by atoms with van der Waals surface area (Å²) in [6.45, 7) is 4.75. The minimum atomic E-state index is 1.00. The van der Waals surface area contributed by atoms with E-state index in [4.69, 9.17) is 0 Å². The highest BCUT2D eigenvalue weighted by Crippen LogP contribution is 2.53. The Morgan fingerprint density at radius 3 is 0.979 bits per heavy atom. The second-order valence-electron chi connectivity index (χ2n) is 13.9. The van der Waals surface area contributed by atoms with E-state index in [2.05, 4.69) is 135 Å². The van der Waals surface area contributed by atoms with Crippen molar-refractivity contribution in [1.82, 2.24) is 0 Å². The molecule has 238 valence electrons. The topological polar surface area (TPSA) is 0 Å². The summed E-state index contributed by atoms with van der Waals surface area (Å²) in [6, 6.07) is 45.0. The van der Waals surface area contributed by atoms with Gasteiger partial charge in [0.25, 0.3) is 0 Å². The van der Waals surface area contributed by atoms with Gasteiger partial charge >= 0.3 is 0 Å². The first kappa shape index (κ1) is 30.6. The Morgan fingerprint density at radius 1 is 0.354 bits per heavy atom. The minimum Gasteiger partial charge on any atom is -0.0651 e. The van der Waals surface area contributed by atoms with Crippen LogP contribution in [0, 0.1) is 0 Å². The molecule has 0 unspecified atom stereocenters. The quantitative estimate of drug-likeness (QED) is 0.158. The zero-order valence-corrected chi connectivity index (χ0v) is 28.6. The minimum absolute atomic E-state index is 1.00. The third-order valence-electron chi connectivity index (χ3n) is 11.0. The third-order valence-corrected chi connectivity index (χ3v) is 11.0. The van der Waals surface area contributed by atoms with Gasteiger partial charge in [-0.2, -0.15) is 0 Å². The van der Waals surface area contributed by atoms with Crippen molar-refractivity contribution >= 4 is 0 Å². The molecule has 0 saturated heterocycles. The lowest BCUT2D eigenvalue weighted by molar-refractivity contribution is 0.659. The summed E-state index contributed by atoms with van der Waals surface area (Å²) < 4.78 is 0. The lowest BCUT2D eigenvalue weighted by Gasteiger charge is -2.36. The highest BCUT2D eigenvalue weighted by Gasteiger charge is 2.34. The van der Waals surface area contributed by atoms with Crippen LogP contribution in [-0.4, -0.2) is 0 Å². The van der Waals surface area contributed by atoms with Crippen LogP contribution >= 0.6 is 0 Å². The van der Waals surface area contributed by atoms with Crippen molar-refractivity contribution in [3.05, 3.63) is 166 Å². The Morgan fingerprint density at radius 2 is 0.667 bits per heavy atom. The van der Waals surface area contributed by atoms with Crippen molar-refractivity contribution in [2.24, 2.45) is 0 Å². The molecule has 0 nitrogen and oxygen atoms in total. The van der Waals surface area contributed by atoms with Crippen molar-refractivity contribution in [2.75, 3.05) is 0 Å². The molecule has 6 aromatic carbocycles. The van der Waals surface area contributed by atoms with E-state index in [1.165, 1.54) is 107 Å². The maximum Gasteiger partial charge on any atom is -0.00105 e. The monoisotopic (exact) mass is 622 g/mol. The van der Waals surface area contributed by atoms with Gasteiger partial charge in [-0.1, -0.05) is 148 Å². The Labute approximate surface area is 287 Å². The molecule has 0 fully saturated rings. The first-order valence-electron chi connectivity index (χ1n) is 18.4. The normalized spacial score (nSPS) is 13.5. The second kappa shape index (κ2) is 13.4. The van der Waals surface area contributed by atoms with E-state index in [-0.39, 0.29) is 0 Å². The van der Waals surface area contributed by atoms with Crippen LogP contribution in [0.1, 0.15) is 84.0 Å². The summed E-state index contributed by atoms with van der Waals surface area (Å²) in [6.07, 6.45) is 11.9. The molecule has 0 heteroatoms. The fourth-order valence-electron chi connectivity index (χ4n) is 9.06. The van der Waals surface area contributed by atoms with Crippen molar-refractivity contribution < 1.29 is 0 Å². The molecular formula is C48H46. The molecule has 0 bridgehead atoms. The average molecular weight is 623 g/mol. The molecule has 0 heterocycles. The smallest absolute Gasteiger partial charge is 0.00105 e. The Bertz CT molecular complexity index is 1900. The van der Waals surface area contributed by atoms with Crippen LogP contribution in [0.3, 0.4) is 0 Å². The zero-order chi connectivity index (χ0) is 32.5. The highest BCUT2D eigenvalue weighted by molar-refractivity contribution is 6.05. The summed E-state index contributed by atoms with van der Waals surface area (Å²) in [7, 11) is 0. The summed E-state index contributed by atoms with van der Waals surface area (Å²) in [4.78, 5) is 0. The fourth-order valence-corrected chi connectivity index (χ4v) is 9.06. The predicted octanol–water partition coefficient (Wildman–Crippen LogP) is 12.6. The fraction of sp³-hybridized carbons (Fsp3) is 0.250. The van der Waals surface area contributed by atoms with Gasteiger partial charge in [0.15, 0.2) is 0 Å². The number of fused-ring (bicyclic) bond motifs is 3. The predicted molar refractivity (Wildman–Crippen MR) is 205 cm³/mol. The molecule has 0 saturated carbocycles. The van der Waals surface area contributed by atoms with Gasteiger partial charge in [0.2, 0.25) is 0 Å². The molecule has 2 aliphatic rings. The van der Waals surface area contributed by atoms with Gasteiger partial charge in [-0.05, 0) is 140 Å². The second-order valence-corrected chi connectivity index (χ2v) is 13.9. The highest BCUT2D eigenvalue weighted by atomic mass is 14.4. The van der Waals surface area contributed by atoms with Crippen molar-refractivity contribution in [3.63, 3.8) is 0 Å². The molecule has 0 amide bonds. The summed E-state index contributed by atoms with van der Waals surface area (Å²) in [5.74, 6) is 0. The summed E-state index contributed by atoms with van der Waals surface area (Å²) in [5.41, 5.74) is 24.0. The molecule has 0 aromatic heterocycles. The van der Waals surface area contributed by atoms with Gasteiger partial charge in [-0.25, -0.2) is 0 Å². The van der Waals surface area contributed by atoms with E-state index in [0.29, 0.717) is 0 Å². The largest absolute Gasteiger partial charge is 0.0651 e. The molecule has 0 radical (unpaired) electrons. The third kappa shape index (κ3) is 5.32.